The van der Waals surface area contributed by atoms with E-state index >= 15 is 0 Å². The van der Waals surface area contributed by atoms with Gasteiger partial charge in [-0.05, 0) is 28.8 Å². The Bertz CT molecular complexity index is 925. The molecule has 3 aromatic rings. The van der Waals surface area contributed by atoms with E-state index in [1.165, 1.54) is 0 Å². The summed E-state index contributed by atoms with van der Waals surface area (Å²) in [5, 5.41) is 5.70. The number of carbonyl (C=O) groups excluding carboxylic acids is 2. The molecule has 29 heavy (non-hydrogen) atoms. The number of methoxy groups -OCH3 is 1. The molecule has 5 nitrogen and oxygen atoms in total. The van der Waals surface area contributed by atoms with Crippen molar-refractivity contribution in [2.24, 2.45) is 0 Å². The number of benzene rings is 3. The first-order chi connectivity index (χ1) is 14.2. The summed E-state index contributed by atoms with van der Waals surface area (Å²) in [4.78, 5) is 24.6. The number of ether oxygens (including phenoxy) is 1. The third-order valence-electron chi connectivity index (χ3n) is 4.54. The standard InChI is InChI=1S/C24H24N2O3/c1-29-21-14-12-20(13-15-21)24(19-10-6-3-7-11-19)26-23(28)17-25-22(27)16-18-8-4-2-5-9-18/h2-15,24H,16-17H2,1H3,(H,25,27)(H,26,28)/t24-/m1/s1. The average molecular weight is 388 g/mol. The van der Waals surface area contributed by atoms with E-state index in [2.05, 4.69) is 10.6 Å². The van der Waals surface area contributed by atoms with Gasteiger partial charge in [-0.1, -0.05) is 72.8 Å². The second-order valence-electron chi connectivity index (χ2n) is 6.62. The lowest BCUT2D eigenvalue weighted by atomic mass is 9.98. The molecule has 0 fully saturated rings. The van der Waals surface area contributed by atoms with Crippen molar-refractivity contribution in [1.82, 2.24) is 10.6 Å². The second-order valence-corrected chi connectivity index (χ2v) is 6.62. The molecule has 2 amide bonds. The predicted octanol–water partition coefficient (Wildman–Crippen LogP) is 3.26. The molecule has 2 N–H and O–H groups in total. The first-order valence-electron chi connectivity index (χ1n) is 9.44. The maximum absolute atomic E-state index is 12.5. The number of carbonyl (C=O) groups is 2. The van der Waals surface area contributed by atoms with Gasteiger partial charge >= 0.3 is 0 Å². The van der Waals surface area contributed by atoms with Crippen LogP contribution < -0.4 is 15.4 Å². The summed E-state index contributed by atoms with van der Waals surface area (Å²) in [5.41, 5.74) is 2.80. The van der Waals surface area contributed by atoms with Gasteiger partial charge in [0, 0.05) is 0 Å². The first-order valence-corrected chi connectivity index (χ1v) is 9.44. The molecule has 0 aliphatic heterocycles. The molecule has 5 heteroatoms. The number of hydrogen-bond donors (Lipinski definition) is 2. The Morgan fingerprint density at radius 3 is 2.00 bits per heavy atom. The highest BCUT2D eigenvalue weighted by Crippen LogP contribution is 2.24. The smallest absolute Gasteiger partial charge is 0.240 e. The highest BCUT2D eigenvalue weighted by Gasteiger charge is 2.17. The maximum Gasteiger partial charge on any atom is 0.240 e. The summed E-state index contributed by atoms with van der Waals surface area (Å²) in [6.45, 7) is -0.0782. The summed E-state index contributed by atoms with van der Waals surface area (Å²) in [6.07, 6.45) is 0.245. The largest absolute Gasteiger partial charge is 0.497 e. The molecule has 0 aliphatic rings. The predicted molar refractivity (Wildman–Crippen MR) is 113 cm³/mol. The van der Waals surface area contributed by atoms with Gasteiger partial charge in [-0.2, -0.15) is 0 Å². The summed E-state index contributed by atoms with van der Waals surface area (Å²) >= 11 is 0. The van der Waals surface area contributed by atoms with Crippen molar-refractivity contribution in [3.05, 3.63) is 102 Å². The fraction of sp³-hybridized carbons (Fsp3) is 0.167. The van der Waals surface area contributed by atoms with Crippen molar-refractivity contribution < 1.29 is 14.3 Å². The minimum atomic E-state index is -0.319. The van der Waals surface area contributed by atoms with E-state index in [0.717, 1.165) is 22.4 Å². The SMILES string of the molecule is COc1ccc([C@H](NC(=O)CNC(=O)Cc2ccccc2)c2ccccc2)cc1. The molecule has 0 saturated carbocycles. The first kappa shape index (κ1) is 20.1. The van der Waals surface area contributed by atoms with Gasteiger partial charge in [0.2, 0.25) is 11.8 Å². The zero-order valence-corrected chi connectivity index (χ0v) is 16.3. The molecule has 3 rings (SSSR count). The minimum Gasteiger partial charge on any atom is -0.497 e. The zero-order chi connectivity index (χ0) is 20.5. The van der Waals surface area contributed by atoms with Crippen LogP contribution in [0.5, 0.6) is 5.75 Å². The van der Waals surface area contributed by atoms with Gasteiger partial charge in [0.1, 0.15) is 5.75 Å². The van der Waals surface area contributed by atoms with Crippen molar-refractivity contribution in [3.63, 3.8) is 0 Å². The fourth-order valence-electron chi connectivity index (χ4n) is 3.04. The van der Waals surface area contributed by atoms with E-state index in [4.69, 9.17) is 4.74 Å². The van der Waals surface area contributed by atoms with Crippen LogP contribution in [0.15, 0.2) is 84.9 Å². The number of amides is 2. The van der Waals surface area contributed by atoms with Crippen LogP contribution in [0.4, 0.5) is 0 Å². The van der Waals surface area contributed by atoms with Crippen LogP contribution in [0.2, 0.25) is 0 Å². The van der Waals surface area contributed by atoms with Crippen LogP contribution >= 0.6 is 0 Å². The molecule has 0 aliphatic carbocycles. The maximum atomic E-state index is 12.5. The van der Waals surface area contributed by atoms with Gasteiger partial charge in [0.15, 0.2) is 0 Å². The molecule has 0 saturated heterocycles. The number of rotatable bonds is 8. The van der Waals surface area contributed by atoms with Gasteiger partial charge in [-0.15, -0.1) is 0 Å². The summed E-state index contributed by atoms with van der Waals surface area (Å²) in [6, 6.07) is 26.4. The van der Waals surface area contributed by atoms with E-state index in [-0.39, 0.29) is 30.8 Å². The zero-order valence-electron chi connectivity index (χ0n) is 16.3. The minimum absolute atomic E-state index is 0.0782. The van der Waals surface area contributed by atoms with E-state index < -0.39 is 0 Å². The van der Waals surface area contributed by atoms with Gasteiger partial charge in [0.25, 0.3) is 0 Å². The van der Waals surface area contributed by atoms with Gasteiger partial charge in [-0.3, -0.25) is 9.59 Å². The van der Waals surface area contributed by atoms with Crippen LogP contribution in [-0.4, -0.2) is 25.5 Å². The molecule has 0 spiro atoms. The molecule has 0 aromatic heterocycles. The number of nitrogens with one attached hydrogen (secondary N) is 2. The van der Waals surface area contributed by atoms with Gasteiger partial charge in [0.05, 0.1) is 26.1 Å². The molecule has 0 radical (unpaired) electrons. The second kappa shape index (κ2) is 10.1. The van der Waals surface area contributed by atoms with Crippen LogP contribution in [-0.2, 0) is 16.0 Å². The van der Waals surface area contributed by atoms with E-state index in [1.54, 1.807) is 7.11 Å². The van der Waals surface area contributed by atoms with Crippen LogP contribution in [0.1, 0.15) is 22.7 Å². The van der Waals surface area contributed by atoms with Crippen molar-refractivity contribution in [3.8, 4) is 5.75 Å². The lowest BCUT2D eigenvalue weighted by molar-refractivity contribution is -0.126. The molecule has 1 atom stereocenters. The molecule has 148 valence electrons. The Hall–Kier alpha value is -3.60. The van der Waals surface area contributed by atoms with Crippen LogP contribution in [0, 0.1) is 0 Å². The summed E-state index contributed by atoms with van der Waals surface area (Å²) < 4.78 is 5.21. The summed E-state index contributed by atoms with van der Waals surface area (Å²) in [5.74, 6) is 0.309. The van der Waals surface area contributed by atoms with Gasteiger partial charge < -0.3 is 15.4 Å². The monoisotopic (exact) mass is 388 g/mol. The average Bonchev–Trinajstić information content (AvgIpc) is 2.77. The Labute approximate surface area is 170 Å². The fourth-order valence-corrected chi connectivity index (χ4v) is 3.04. The Kier molecular flexibility index (Phi) is 7.00. The lowest BCUT2D eigenvalue weighted by Gasteiger charge is -2.20. The van der Waals surface area contributed by atoms with E-state index in [0.29, 0.717) is 0 Å². The van der Waals surface area contributed by atoms with Crippen molar-refractivity contribution >= 4 is 11.8 Å². The van der Waals surface area contributed by atoms with Crippen molar-refractivity contribution in [2.75, 3.05) is 13.7 Å². The molecule has 0 bridgehead atoms. The Morgan fingerprint density at radius 2 is 1.38 bits per heavy atom. The lowest BCUT2D eigenvalue weighted by Crippen LogP contribution is -2.39. The molecular weight excluding hydrogens is 364 g/mol. The molecule has 0 unspecified atom stereocenters. The van der Waals surface area contributed by atoms with Crippen LogP contribution in [0.3, 0.4) is 0 Å². The highest BCUT2D eigenvalue weighted by molar-refractivity contribution is 5.86. The third kappa shape index (κ3) is 5.94. The quantitative estimate of drug-likeness (QED) is 0.622. The summed E-state index contributed by atoms with van der Waals surface area (Å²) in [7, 11) is 1.61. The molecule has 3 aromatic carbocycles. The topological polar surface area (TPSA) is 67.4 Å². The van der Waals surface area contributed by atoms with Crippen molar-refractivity contribution in [2.45, 2.75) is 12.5 Å². The van der Waals surface area contributed by atoms with Gasteiger partial charge in [-0.25, -0.2) is 0 Å². The molecule has 0 heterocycles. The third-order valence-corrected chi connectivity index (χ3v) is 4.54. The highest BCUT2D eigenvalue weighted by atomic mass is 16.5. The number of hydrogen-bond acceptors (Lipinski definition) is 3. The normalized spacial score (nSPS) is 11.3. The Morgan fingerprint density at radius 1 is 0.793 bits per heavy atom. The van der Waals surface area contributed by atoms with E-state index in [9.17, 15) is 9.59 Å². The molecular formula is C24H24N2O3. The van der Waals surface area contributed by atoms with Crippen LogP contribution in [0.25, 0.3) is 0 Å². The Balaban J connectivity index is 1.64. The van der Waals surface area contributed by atoms with E-state index in [1.807, 2.05) is 84.9 Å². The van der Waals surface area contributed by atoms with Crippen molar-refractivity contribution in [1.29, 1.82) is 0 Å².